The Morgan fingerprint density at radius 3 is 2.40 bits per heavy atom. The number of hydrogen-bond acceptors (Lipinski definition) is 3. The molecule has 0 aliphatic carbocycles. The molecule has 0 saturated carbocycles. The minimum Gasteiger partial charge on any atom is -0.467 e. The molecule has 1 rings (SSSR count). The summed E-state index contributed by atoms with van der Waals surface area (Å²) in [5.41, 5.74) is 1.11. The maximum Gasteiger partial charge on any atom is 0.328 e. The largest absolute Gasteiger partial charge is 0.467 e. The summed E-state index contributed by atoms with van der Waals surface area (Å²) in [6, 6.07) is 9.26. The molecule has 4 nitrogen and oxygen atoms in total. The standard InChI is InChI=1S/C16H23NO3/c1-12(2)11-14(16(19)20-3)17-15(18)10-9-13-7-5-4-6-8-13/h4-8,12,14H,9-11H2,1-3H3,(H,17,18)/t14-/m1/s1. The number of hydrogen-bond donors (Lipinski definition) is 1. The number of amides is 1. The van der Waals surface area contributed by atoms with E-state index in [0.29, 0.717) is 25.2 Å². The zero-order chi connectivity index (χ0) is 15.0. The van der Waals surface area contributed by atoms with Gasteiger partial charge in [0.25, 0.3) is 0 Å². The molecule has 0 spiro atoms. The molecule has 0 unspecified atom stereocenters. The third kappa shape index (κ3) is 5.87. The summed E-state index contributed by atoms with van der Waals surface area (Å²) in [6.07, 6.45) is 1.63. The Bertz CT molecular complexity index is 429. The Balaban J connectivity index is 2.47. The Labute approximate surface area is 120 Å². The fourth-order valence-electron chi connectivity index (χ4n) is 2.00. The molecule has 1 N–H and O–H groups in total. The highest BCUT2D eigenvalue weighted by molar-refractivity contribution is 5.84. The molecule has 0 heterocycles. The van der Waals surface area contributed by atoms with Crippen molar-refractivity contribution in [1.29, 1.82) is 0 Å². The van der Waals surface area contributed by atoms with Crippen molar-refractivity contribution in [3.63, 3.8) is 0 Å². The Hall–Kier alpha value is -1.84. The molecule has 1 aromatic carbocycles. The maximum atomic E-state index is 11.9. The van der Waals surface area contributed by atoms with Gasteiger partial charge in [-0.1, -0.05) is 44.2 Å². The van der Waals surface area contributed by atoms with E-state index in [1.54, 1.807) is 0 Å². The number of rotatable bonds is 7. The van der Waals surface area contributed by atoms with Gasteiger partial charge in [-0.05, 0) is 24.3 Å². The van der Waals surface area contributed by atoms with E-state index in [1.165, 1.54) is 7.11 Å². The fraction of sp³-hybridized carbons (Fsp3) is 0.500. The van der Waals surface area contributed by atoms with Gasteiger partial charge in [-0.2, -0.15) is 0 Å². The molecule has 1 amide bonds. The van der Waals surface area contributed by atoms with Crippen LogP contribution in [0.1, 0.15) is 32.3 Å². The molecule has 0 saturated heterocycles. The lowest BCUT2D eigenvalue weighted by atomic mass is 10.0. The van der Waals surface area contributed by atoms with Gasteiger partial charge in [0.1, 0.15) is 6.04 Å². The lowest BCUT2D eigenvalue weighted by Gasteiger charge is -2.18. The second-order valence-corrected chi connectivity index (χ2v) is 5.26. The summed E-state index contributed by atoms with van der Waals surface area (Å²) in [4.78, 5) is 23.5. The Morgan fingerprint density at radius 1 is 1.20 bits per heavy atom. The molecule has 110 valence electrons. The second kappa shape index (κ2) is 8.35. The van der Waals surface area contributed by atoms with E-state index in [-0.39, 0.29) is 11.9 Å². The molecule has 0 aliphatic heterocycles. The van der Waals surface area contributed by atoms with Crippen molar-refractivity contribution >= 4 is 11.9 Å². The van der Waals surface area contributed by atoms with Crippen LogP contribution in [0.3, 0.4) is 0 Å². The van der Waals surface area contributed by atoms with E-state index in [4.69, 9.17) is 4.74 Å². The fourth-order valence-corrected chi connectivity index (χ4v) is 2.00. The van der Waals surface area contributed by atoms with Crippen LogP contribution < -0.4 is 5.32 Å². The average Bonchev–Trinajstić information content (AvgIpc) is 2.44. The summed E-state index contributed by atoms with van der Waals surface area (Å²) in [5, 5.41) is 2.76. The van der Waals surface area contributed by atoms with Crippen LogP contribution in [0.25, 0.3) is 0 Å². The van der Waals surface area contributed by atoms with Gasteiger partial charge < -0.3 is 10.1 Å². The van der Waals surface area contributed by atoms with E-state index in [2.05, 4.69) is 5.32 Å². The predicted molar refractivity (Wildman–Crippen MR) is 78.2 cm³/mol. The van der Waals surface area contributed by atoms with Gasteiger partial charge in [0.15, 0.2) is 0 Å². The van der Waals surface area contributed by atoms with Crippen molar-refractivity contribution in [3.8, 4) is 0 Å². The minimum atomic E-state index is -0.553. The average molecular weight is 277 g/mol. The number of benzene rings is 1. The topological polar surface area (TPSA) is 55.4 Å². The van der Waals surface area contributed by atoms with Gasteiger partial charge in [0.05, 0.1) is 7.11 Å². The molecule has 0 fully saturated rings. The van der Waals surface area contributed by atoms with E-state index >= 15 is 0 Å². The molecule has 0 aliphatic rings. The summed E-state index contributed by atoms with van der Waals surface area (Å²) in [5.74, 6) is -0.190. The van der Waals surface area contributed by atoms with Crippen LogP contribution in [0.5, 0.6) is 0 Å². The number of carbonyl (C=O) groups excluding carboxylic acids is 2. The molecule has 0 bridgehead atoms. The smallest absolute Gasteiger partial charge is 0.328 e. The lowest BCUT2D eigenvalue weighted by molar-refractivity contribution is -0.145. The van der Waals surface area contributed by atoms with Crippen LogP contribution in [0.15, 0.2) is 30.3 Å². The molecular formula is C16H23NO3. The number of methoxy groups -OCH3 is 1. The van der Waals surface area contributed by atoms with Crippen LogP contribution in [0.4, 0.5) is 0 Å². The van der Waals surface area contributed by atoms with E-state index in [0.717, 1.165) is 5.56 Å². The van der Waals surface area contributed by atoms with E-state index < -0.39 is 6.04 Å². The van der Waals surface area contributed by atoms with Crippen molar-refractivity contribution < 1.29 is 14.3 Å². The van der Waals surface area contributed by atoms with Gasteiger partial charge in [-0.25, -0.2) is 4.79 Å². The highest BCUT2D eigenvalue weighted by Gasteiger charge is 2.22. The number of nitrogens with one attached hydrogen (secondary N) is 1. The monoisotopic (exact) mass is 277 g/mol. The summed E-state index contributed by atoms with van der Waals surface area (Å²) in [7, 11) is 1.34. The first kappa shape index (κ1) is 16.2. The summed E-state index contributed by atoms with van der Waals surface area (Å²) < 4.78 is 4.72. The van der Waals surface area contributed by atoms with Crippen LogP contribution in [-0.2, 0) is 20.7 Å². The van der Waals surface area contributed by atoms with Gasteiger partial charge in [-0.15, -0.1) is 0 Å². The van der Waals surface area contributed by atoms with Crippen molar-refractivity contribution in [2.75, 3.05) is 7.11 Å². The van der Waals surface area contributed by atoms with E-state index in [9.17, 15) is 9.59 Å². The van der Waals surface area contributed by atoms with Crippen molar-refractivity contribution in [3.05, 3.63) is 35.9 Å². The van der Waals surface area contributed by atoms with Crippen LogP contribution in [0.2, 0.25) is 0 Å². The van der Waals surface area contributed by atoms with Gasteiger partial charge in [0, 0.05) is 6.42 Å². The SMILES string of the molecule is COC(=O)[C@@H](CC(C)C)NC(=O)CCc1ccccc1. The summed E-state index contributed by atoms with van der Waals surface area (Å²) >= 11 is 0. The first-order chi connectivity index (χ1) is 9.52. The molecule has 0 radical (unpaired) electrons. The van der Waals surface area contributed by atoms with Crippen molar-refractivity contribution in [2.45, 2.75) is 39.2 Å². The van der Waals surface area contributed by atoms with Crippen molar-refractivity contribution in [2.24, 2.45) is 5.92 Å². The molecule has 1 atom stereocenters. The zero-order valence-corrected chi connectivity index (χ0v) is 12.4. The van der Waals surface area contributed by atoms with Gasteiger partial charge in [-0.3, -0.25) is 4.79 Å². The Kier molecular flexibility index (Phi) is 6.77. The molecular weight excluding hydrogens is 254 g/mol. The Morgan fingerprint density at radius 2 is 1.85 bits per heavy atom. The van der Waals surface area contributed by atoms with Crippen LogP contribution in [0, 0.1) is 5.92 Å². The maximum absolute atomic E-state index is 11.9. The van der Waals surface area contributed by atoms with Crippen molar-refractivity contribution in [1.82, 2.24) is 5.32 Å². The normalized spacial score (nSPS) is 12.0. The minimum absolute atomic E-state index is 0.120. The summed E-state index contributed by atoms with van der Waals surface area (Å²) in [6.45, 7) is 4.01. The molecule has 0 aromatic heterocycles. The van der Waals surface area contributed by atoms with Gasteiger partial charge >= 0.3 is 5.97 Å². The van der Waals surface area contributed by atoms with Crippen LogP contribution in [-0.4, -0.2) is 25.0 Å². The number of carbonyl (C=O) groups is 2. The lowest BCUT2D eigenvalue weighted by Crippen LogP contribution is -2.42. The van der Waals surface area contributed by atoms with Gasteiger partial charge in [0.2, 0.25) is 5.91 Å². The third-order valence-corrected chi connectivity index (χ3v) is 3.01. The molecule has 1 aromatic rings. The van der Waals surface area contributed by atoms with E-state index in [1.807, 2.05) is 44.2 Å². The first-order valence-electron chi connectivity index (χ1n) is 6.94. The molecule has 20 heavy (non-hydrogen) atoms. The molecule has 4 heteroatoms. The number of esters is 1. The zero-order valence-electron chi connectivity index (χ0n) is 12.4. The number of aryl methyl sites for hydroxylation is 1. The van der Waals surface area contributed by atoms with Crippen LogP contribution >= 0.6 is 0 Å². The first-order valence-corrected chi connectivity index (χ1v) is 6.94. The quantitative estimate of drug-likeness (QED) is 0.778. The highest BCUT2D eigenvalue weighted by atomic mass is 16.5. The third-order valence-electron chi connectivity index (χ3n) is 3.01. The highest BCUT2D eigenvalue weighted by Crippen LogP contribution is 2.07. The number of ether oxygens (including phenoxy) is 1. The predicted octanol–water partition coefficient (Wildman–Crippen LogP) is 2.32. The second-order valence-electron chi connectivity index (χ2n) is 5.26.